The Labute approximate surface area is 117 Å². The number of halogens is 2. The lowest BCUT2D eigenvalue weighted by Gasteiger charge is -2.10. The van der Waals surface area contributed by atoms with Gasteiger partial charge in [-0.05, 0) is 25.0 Å². The zero-order valence-corrected chi connectivity index (χ0v) is 11.7. The quantitative estimate of drug-likeness (QED) is 0.590. The SMILES string of the molecule is CCCOCCCNc1ccc(C(=O)OC)c(F)c1F. The first-order valence-electron chi connectivity index (χ1n) is 6.49. The molecule has 0 saturated carbocycles. The maximum atomic E-state index is 13.7. The number of hydrogen-bond acceptors (Lipinski definition) is 4. The summed E-state index contributed by atoms with van der Waals surface area (Å²) in [6.07, 6.45) is 1.63. The maximum Gasteiger partial charge on any atom is 0.340 e. The number of carbonyl (C=O) groups is 1. The Kier molecular flexibility index (Phi) is 6.93. The fourth-order valence-corrected chi connectivity index (χ4v) is 1.60. The van der Waals surface area contributed by atoms with Crippen LogP contribution in [0.15, 0.2) is 12.1 Å². The molecular formula is C14H19F2NO3. The first-order valence-corrected chi connectivity index (χ1v) is 6.49. The van der Waals surface area contributed by atoms with E-state index in [1.54, 1.807) is 0 Å². The maximum absolute atomic E-state index is 13.7. The average molecular weight is 287 g/mol. The minimum atomic E-state index is -1.20. The van der Waals surface area contributed by atoms with E-state index in [0.29, 0.717) is 26.2 Å². The second kappa shape index (κ2) is 8.47. The normalized spacial score (nSPS) is 10.4. The van der Waals surface area contributed by atoms with Crippen LogP contribution in [0.4, 0.5) is 14.5 Å². The molecule has 0 bridgehead atoms. The van der Waals surface area contributed by atoms with Gasteiger partial charge in [-0.3, -0.25) is 0 Å². The lowest BCUT2D eigenvalue weighted by atomic mass is 10.2. The van der Waals surface area contributed by atoms with E-state index in [4.69, 9.17) is 4.74 Å². The van der Waals surface area contributed by atoms with Gasteiger partial charge in [-0.25, -0.2) is 13.6 Å². The van der Waals surface area contributed by atoms with Crippen LogP contribution in [0.5, 0.6) is 0 Å². The third-order valence-corrected chi connectivity index (χ3v) is 2.62. The van der Waals surface area contributed by atoms with Crippen molar-refractivity contribution in [3.8, 4) is 0 Å². The second-order valence-electron chi connectivity index (χ2n) is 4.17. The van der Waals surface area contributed by atoms with Crippen molar-refractivity contribution in [3.63, 3.8) is 0 Å². The predicted octanol–water partition coefficient (Wildman–Crippen LogP) is 2.98. The number of rotatable bonds is 8. The molecule has 0 amide bonds. The van der Waals surface area contributed by atoms with Gasteiger partial charge in [0, 0.05) is 19.8 Å². The van der Waals surface area contributed by atoms with Gasteiger partial charge < -0.3 is 14.8 Å². The molecule has 0 heterocycles. The minimum absolute atomic E-state index is 0.0191. The minimum Gasteiger partial charge on any atom is -0.465 e. The fourth-order valence-electron chi connectivity index (χ4n) is 1.60. The number of nitrogens with one attached hydrogen (secondary N) is 1. The smallest absolute Gasteiger partial charge is 0.340 e. The Morgan fingerprint density at radius 1 is 1.25 bits per heavy atom. The summed E-state index contributed by atoms with van der Waals surface area (Å²) in [6, 6.07) is 2.51. The molecule has 1 N–H and O–H groups in total. The van der Waals surface area contributed by atoms with Crippen molar-refractivity contribution in [2.75, 3.05) is 32.2 Å². The highest BCUT2D eigenvalue weighted by Gasteiger charge is 2.18. The third-order valence-electron chi connectivity index (χ3n) is 2.62. The largest absolute Gasteiger partial charge is 0.465 e. The molecule has 0 aromatic heterocycles. The van der Waals surface area contributed by atoms with Crippen LogP contribution in [0, 0.1) is 11.6 Å². The molecule has 112 valence electrons. The molecule has 0 fully saturated rings. The average Bonchev–Trinajstić information content (AvgIpc) is 2.46. The number of esters is 1. The van der Waals surface area contributed by atoms with Gasteiger partial charge in [0.05, 0.1) is 18.4 Å². The molecule has 0 aliphatic rings. The van der Waals surface area contributed by atoms with Gasteiger partial charge >= 0.3 is 5.97 Å². The van der Waals surface area contributed by atoms with Gasteiger partial charge in [-0.15, -0.1) is 0 Å². The number of benzene rings is 1. The van der Waals surface area contributed by atoms with E-state index in [9.17, 15) is 13.6 Å². The van der Waals surface area contributed by atoms with E-state index in [2.05, 4.69) is 10.1 Å². The van der Waals surface area contributed by atoms with E-state index < -0.39 is 23.2 Å². The number of ether oxygens (including phenoxy) is 2. The molecule has 0 aliphatic heterocycles. The summed E-state index contributed by atoms with van der Waals surface area (Å²) in [4.78, 5) is 11.2. The third kappa shape index (κ3) is 4.45. The molecule has 6 heteroatoms. The molecule has 0 radical (unpaired) electrons. The summed E-state index contributed by atoms with van der Waals surface area (Å²) in [5.41, 5.74) is -0.396. The van der Waals surface area contributed by atoms with Crippen LogP contribution in [0.25, 0.3) is 0 Å². The van der Waals surface area contributed by atoms with Gasteiger partial charge in [0.1, 0.15) is 0 Å². The van der Waals surface area contributed by atoms with Crippen LogP contribution in [-0.2, 0) is 9.47 Å². The van der Waals surface area contributed by atoms with E-state index in [-0.39, 0.29) is 5.69 Å². The van der Waals surface area contributed by atoms with E-state index in [0.717, 1.165) is 13.5 Å². The summed E-state index contributed by atoms with van der Waals surface area (Å²) in [7, 11) is 1.11. The summed E-state index contributed by atoms with van der Waals surface area (Å²) >= 11 is 0. The number of anilines is 1. The van der Waals surface area contributed by atoms with Gasteiger partial charge in [-0.1, -0.05) is 6.92 Å². The molecule has 1 aromatic rings. The van der Waals surface area contributed by atoms with Gasteiger partial charge in [-0.2, -0.15) is 0 Å². The standard InChI is InChI=1S/C14H19F2NO3/c1-3-8-20-9-4-7-17-11-6-5-10(14(18)19-2)12(15)13(11)16/h5-6,17H,3-4,7-9H2,1-2H3. The Balaban J connectivity index is 2.55. The molecule has 0 atom stereocenters. The highest BCUT2D eigenvalue weighted by Crippen LogP contribution is 2.21. The van der Waals surface area contributed by atoms with Gasteiger partial charge in [0.2, 0.25) is 0 Å². The van der Waals surface area contributed by atoms with Crippen LogP contribution >= 0.6 is 0 Å². The number of methoxy groups -OCH3 is 1. The molecule has 20 heavy (non-hydrogen) atoms. The number of hydrogen-bond donors (Lipinski definition) is 1. The van der Waals surface area contributed by atoms with E-state index >= 15 is 0 Å². The van der Waals surface area contributed by atoms with Crippen LogP contribution in [0.2, 0.25) is 0 Å². The zero-order valence-electron chi connectivity index (χ0n) is 11.7. The predicted molar refractivity (Wildman–Crippen MR) is 71.9 cm³/mol. The number of carbonyl (C=O) groups excluding carboxylic acids is 1. The van der Waals surface area contributed by atoms with Crippen molar-refractivity contribution >= 4 is 11.7 Å². The second-order valence-corrected chi connectivity index (χ2v) is 4.17. The summed E-state index contributed by atoms with van der Waals surface area (Å²) < 4.78 is 37.0. The lowest BCUT2D eigenvalue weighted by Crippen LogP contribution is -2.11. The zero-order chi connectivity index (χ0) is 15.0. The first-order chi connectivity index (χ1) is 9.61. The molecule has 0 aliphatic carbocycles. The molecule has 4 nitrogen and oxygen atoms in total. The van der Waals surface area contributed by atoms with Crippen molar-refractivity contribution in [1.82, 2.24) is 0 Å². The Hall–Kier alpha value is -1.69. The van der Waals surface area contributed by atoms with E-state index in [1.165, 1.54) is 12.1 Å². The highest BCUT2D eigenvalue weighted by atomic mass is 19.2. The molecule has 0 spiro atoms. The van der Waals surface area contributed by atoms with Crippen LogP contribution in [-0.4, -0.2) is 32.8 Å². The first kappa shape index (κ1) is 16.4. The summed E-state index contributed by atoms with van der Waals surface area (Å²) in [5.74, 6) is -3.19. The van der Waals surface area contributed by atoms with Crippen LogP contribution < -0.4 is 5.32 Å². The van der Waals surface area contributed by atoms with Crippen molar-refractivity contribution in [1.29, 1.82) is 0 Å². The van der Waals surface area contributed by atoms with Crippen molar-refractivity contribution in [2.24, 2.45) is 0 Å². The van der Waals surface area contributed by atoms with E-state index in [1.807, 2.05) is 6.92 Å². The Morgan fingerprint density at radius 3 is 2.65 bits per heavy atom. The molecule has 1 aromatic carbocycles. The van der Waals surface area contributed by atoms with Crippen molar-refractivity contribution in [2.45, 2.75) is 19.8 Å². The van der Waals surface area contributed by atoms with Crippen molar-refractivity contribution < 1.29 is 23.0 Å². The fraction of sp³-hybridized carbons (Fsp3) is 0.500. The van der Waals surface area contributed by atoms with Crippen molar-refractivity contribution in [3.05, 3.63) is 29.3 Å². The summed E-state index contributed by atoms with van der Waals surface area (Å²) in [5, 5.41) is 2.77. The Morgan fingerprint density at radius 2 is 2.00 bits per heavy atom. The topological polar surface area (TPSA) is 47.6 Å². The van der Waals surface area contributed by atoms with Gasteiger partial charge in [0.15, 0.2) is 11.6 Å². The molecule has 0 unspecified atom stereocenters. The van der Waals surface area contributed by atoms with Crippen LogP contribution in [0.1, 0.15) is 30.1 Å². The highest BCUT2D eigenvalue weighted by molar-refractivity contribution is 5.90. The summed E-state index contributed by atoms with van der Waals surface area (Å²) in [6.45, 7) is 3.72. The van der Waals surface area contributed by atoms with Crippen LogP contribution in [0.3, 0.4) is 0 Å². The molecular weight excluding hydrogens is 268 g/mol. The van der Waals surface area contributed by atoms with Gasteiger partial charge in [0.25, 0.3) is 0 Å². The molecule has 0 saturated heterocycles. The lowest BCUT2D eigenvalue weighted by molar-refractivity contribution is 0.0594. The monoisotopic (exact) mass is 287 g/mol. The Bertz CT molecular complexity index is 452. The molecule has 1 rings (SSSR count).